The molecule has 0 aromatic carbocycles. The maximum atomic E-state index is 13.7. The highest BCUT2D eigenvalue weighted by Gasteiger charge is 2.85. The van der Waals surface area contributed by atoms with E-state index in [1.807, 2.05) is 20.8 Å². The lowest BCUT2D eigenvalue weighted by molar-refractivity contribution is -0.142. The SMILES string of the molecule is CC(C)(C)[C@H](N)C(=O)N1CC2(C[C@H]1C(=O)NC(CC1CCC1)C(O)C(N)=O)C(C)(C)C21CCC1. The van der Waals surface area contributed by atoms with Crippen LogP contribution >= 0.6 is 0 Å². The van der Waals surface area contributed by atoms with Crippen molar-refractivity contribution in [1.29, 1.82) is 0 Å². The van der Waals surface area contributed by atoms with Gasteiger partial charge in [-0.2, -0.15) is 0 Å². The highest BCUT2D eigenvalue weighted by atomic mass is 16.3. The Hall–Kier alpha value is -1.67. The fourth-order valence-electron chi connectivity index (χ4n) is 7.44. The number of primary amides is 1. The average Bonchev–Trinajstić information content (AvgIpc) is 2.94. The molecule has 1 aliphatic heterocycles. The summed E-state index contributed by atoms with van der Waals surface area (Å²) in [7, 11) is 0. The first-order chi connectivity index (χ1) is 15.7. The van der Waals surface area contributed by atoms with Crippen LogP contribution in [0.25, 0.3) is 0 Å². The molecule has 4 rings (SSSR count). The molecule has 34 heavy (non-hydrogen) atoms. The minimum atomic E-state index is -1.45. The van der Waals surface area contributed by atoms with Crippen LogP contribution in [-0.2, 0) is 14.4 Å². The molecule has 3 unspecified atom stereocenters. The van der Waals surface area contributed by atoms with E-state index in [1.54, 1.807) is 4.90 Å². The maximum Gasteiger partial charge on any atom is 0.248 e. The molecule has 2 spiro atoms. The second-order valence-corrected chi connectivity index (χ2v) is 13.2. The molecule has 3 saturated carbocycles. The molecule has 0 radical (unpaired) electrons. The fourth-order valence-corrected chi connectivity index (χ4v) is 7.44. The quantitative estimate of drug-likeness (QED) is 0.443. The summed E-state index contributed by atoms with van der Waals surface area (Å²) in [5.74, 6) is -0.991. The van der Waals surface area contributed by atoms with Crippen molar-refractivity contribution in [3.05, 3.63) is 0 Å². The lowest BCUT2D eigenvalue weighted by Crippen LogP contribution is -2.58. The Labute approximate surface area is 203 Å². The predicted molar refractivity (Wildman–Crippen MR) is 129 cm³/mol. The maximum absolute atomic E-state index is 13.7. The van der Waals surface area contributed by atoms with Crippen LogP contribution in [0.5, 0.6) is 0 Å². The lowest BCUT2D eigenvalue weighted by atomic mass is 9.73. The van der Waals surface area contributed by atoms with Gasteiger partial charge in [0, 0.05) is 12.0 Å². The van der Waals surface area contributed by atoms with Gasteiger partial charge in [-0.15, -0.1) is 0 Å². The summed E-state index contributed by atoms with van der Waals surface area (Å²) in [6, 6.07) is -2.13. The molecule has 4 fully saturated rings. The van der Waals surface area contributed by atoms with Gasteiger partial charge in [-0.1, -0.05) is 60.3 Å². The molecule has 4 aliphatic rings. The number of carbonyl (C=O) groups excluding carboxylic acids is 3. The third-order valence-electron chi connectivity index (χ3n) is 10.4. The molecule has 3 aliphatic carbocycles. The minimum Gasteiger partial charge on any atom is -0.381 e. The fraction of sp³-hybridized carbons (Fsp3) is 0.885. The number of carbonyl (C=O) groups is 3. The number of nitrogens with zero attached hydrogens (tertiary/aromatic N) is 1. The van der Waals surface area contributed by atoms with Crippen molar-refractivity contribution in [2.24, 2.45) is 39.0 Å². The highest BCUT2D eigenvalue weighted by molar-refractivity contribution is 5.92. The number of hydrogen-bond acceptors (Lipinski definition) is 5. The van der Waals surface area contributed by atoms with E-state index in [1.165, 1.54) is 6.42 Å². The Kier molecular flexibility index (Phi) is 6.12. The molecular weight excluding hydrogens is 432 g/mol. The van der Waals surface area contributed by atoms with Crippen molar-refractivity contribution >= 4 is 17.7 Å². The second-order valence-electron chi connectivity index (χ2n) is 13.2. The summed E-state index contributed by atoms with van der Waals surface area (Å²) < 4.78 is 0. The molecule has 6 N–H and O–H groups in total. The Morgan fingerprint density at radius 3 is 2.15 bits per heavy atom. The zero-order valence-corrected chi connectivity index (χ0v) is 21.5. The van der Waals surface area contributed by atoms with Gasteiger partial charge in [0.15, 0.2) is 6.10 Å². The van der Waals surface area contributed by atoms with Crippen molar-refractivity contribution in [3.8, 4) is 0 Å². The van der Waals surface area contributed by atoms with Gasteiger partial charge in [-0.3, -0.25) is 14.4 Å². The molecule has 8 nitrogen and oxygen atoms in total. The molecule has 3 amide bonds. The van der Waals surface area contributed by atoms with E-state index in [-0.39, 0.29) is 28.1 Å². The van der Waals surface area contributed by atoms with E-state index < -0.39 is 35.6 Å². The molecule has 1 saturated heterocycles. The van der Waals surface area contributed by atoms with Crippen LogP contribution in [0.4, 0.5) is 0 Å². The van der Waals surface area contributed by atoms with Crippen LogP contribution < -0.4 is 16.8 Å². The highest BCUT2D eigenvalue weighted by Crippen LogP contribution is 2.88. The lowest BCUT2D eigenvalue weighted by Gasteiger charge is -2.35. The molecule has 192 valence electrons. The van der Waals surface area contributed by atoms with Crippen LogP contribution in [0.3, 0.4) is 0 Å². The number of likely N-dealkylation sites (tertiary alicyclic amines) is 1. The zero-order chi connectivity index (χ0) is 25.3. The number of nitrogens with one attached hydrogen (secondary N) is 1. The van der Waals surface area contributed by atoms with E-state index in [0.717, 1.165) is 32.1 Å². The number of hydrogen-bond donors (Lipinski definition) is 4. The van der Waals surface area contributed by atoms with Crippen molar-refractivity contribution in [1.82, 2.24) is 10.2 Å². The normalized spacial score (nSPS) is 32.0. The zero-order valence-electron chi connectivity index (χ0n) is 21.5. The van der Waals surface area contributed by atoms with E-state index >= 15 is 0 Å². The summed E-state index contributed by atoms with van der Waals surface area (Å²) >= 11 is 0. The first kappa shape index (κ1) is 25.4. The van der Waals surface area contributed by atoms with E-state index in [2.05, 4.69) is 19.2 Å². The van der Waals surface area contributed by atoms with Crippen LogP contribution in [0, 0.1) is 27.6 Å². The Morgan fingerprint density at radius 1 is 1.12 bits per heavy atom. The van der Waals surface area contributed by atoms with Crippen LogP contribution in [-0.4, -0.2) is 58.5 Å². The van der Waals surface area contributed by atoms with E-state index in [4.69, 9.17) is 11.5 Å². The Balaban J connectivity index is 1.59. The number of aliphatic hydroxyl groups is 1. The van der Waals surface area contributed by atoms with E-state index in [9.17, 15) is 19.5 Å². The van der Waals surface area contributed by atoms with Gasteiger partial charge in [0.2, 0.25) is 17.7 Å². The monoisotopic (exact) mass is 476 g/mol. The molecule has 0 aromatic rings. The number of rotatable bonds is 7. The molecule has 8 heteroatoms. The van der Waals surface area contributed by atoms with Gasteiger partial charge in [-0.25, -0.2) is 0 Å². The van der Waals surface area contributed by atoms with Crippen LogP contribution in [0.1, 0.15) is 86.0 Å². The largest absolute Gasteiger partial charge is 0.381 e. The van der Waals surface area contributed by atoms with Crippen LogP contribution in [0.2, 0.25) is 0 Å². The summed E-state index contributed by atoms with van der Waals surface area (Å²) in [5.41, 5.74) is 11.5. The Morgan fingerprint density at radius 2 is 1.74 bits per heavy atom. The number of fused-ring (bicyclic) bond motifs is 1. The van der Waals surface area contributed by atoms with Crippen molar-refractivity contribution < 1.29 is 19.5 Å². The van der Waals surface area contributed by atoms with Gasteiger partial charge in [-0.05, 0) is 47.8 Å². The van der Waals surface area contributed by atoms with Gasteiger partial charge < -0.3 is 26.8 Å². The number of aliphatic hydroxyl groups excluding tert-OH is 1. The molecule has 0 bridgehead atoms. The average molecular weight is 477 g/mol. The summed E-state index contributed by atoms with van der Waals surface area (Å²) in [6.07, 6.45) is 6.27. The van der Waals surface area contributed by atoms with Gasteiger partial charge in [0.05, 0.1) is 12.1 Å². The smallest absolute Gasteiger partial charge is 0.248 e. The number of nitrogens with two attached hydrogens (primary N) is 2. The van der Waals surface area contributed by atoms with Gasteiger partial charge in [0.25, 0.3) is 0 Å². The van der Waals surface area contributed by atoms with Crippen molar-refractivity contribution in [2.75, 3.05) is 6.54 Å². The van der Waals surface area contributed by atoms with Crippen molar-refractivity contribution in [2.45, 2.75) is 110 Å². The summed E-state index contributed by atoms with van der Waals surface area (Å²) in [6.45, 7) is 10.9. The third-order valence-corrected chi connectivity index (χ3v) is 10.4. The summed E-state index contributed by atoms with van der Waals surface area (Å²) in [4.78, 5) is 40.8. The first-order valence-electron chi connectivity index (χ1n) is 13.0. The Bertz CT molecular complexity index is 857. The first-order valence-corrected chi connectivity index (χ1v) is 13.0. The van der Waals surface area contributed by atoms with Crippen LogP contribution in [0.15, 0.2) is 0 Å². The van der Waals surface area contributed by atoms with Gasteiger partial charge in [0.1, 0.15) is 6.04 Å². The second kappa shape index (κ2) is 8.19. The molecule has 0 aromatic heterocycles. The van der Waals surface area contributed by atoms with E-state index in [0.29, 0.717) is 25.3 Å². The molecule has 5 atom stereocenters. The number of amides is 3. The molecular formula is C26H44N4O4. The topological polar surface area (TPSA) is 139 Å². The standard InChI is InChI=1S/C26H44N4O4/c1-23(2,3)19(27)22(34)30-14-26(24(4,5)25(26)10-7-11-25)13-17(30)21(33)29-16(18(31)20(28)32)12-15-8-6-9-15/h15-19,31H,6-14,27H2,1-5H3,(H2,28,32)(H,29,33)/t16?,17-,18?,19+,26?/m0/s1. The summed E-state index contributed by atoms with van der Waals surface area (Å²) in [5, 5.41) is 13.4. The third kappa shape index (κ3) is 3.58. The van der Waals surface area contributed by atoms with Gasteiger partial charge >= 0.3 is 0 Å². The predicted octanol–water partition coefficient (Wildman–Crippen LogP) is 1.68. The van der Waals surface area contributed by atoms with Crippen molar-refractivity contribution in [3.63, 3.8) is 0 Å². The minimum absolute atomic E-state index is 0.0513. The molecule has 1 heterocycles.